The lowest BCUT2D eigenvalue weighted by molar-refractivity contribution is -0.0946. The molecule has 0 saturated carbocycles. The Kier molecular flexibility index (Phi) is 4.31. The zero-order chi connectivity index (χ0) is 17.7. The molecule has 3 heterocycles. The minimum Gasteiger partial charge on any atom is -0.383 e. The number of phosphoric acid groups is 1. The maximum Gasteiger partial charge on any atom is 0.475 e. The third-order valence-electron chi connectivity index (χ3n) is 3.80. The van der Waals surface area contributed by atoms with Gasteiger partial charge in [-0.15, -0.1) is 0 Å². The minimum atomic E-state index is -3.84. The van der Waals surface area contributed by atoms with Crippen LogP contribution in [-0.4, -0.2) is 45.2 Å². The van der Waals surface area contributed by atoms with E-state index in [1.165, 1.54) is 13.1 Å². The number of hydrogen-bond donors (Lipinski definition) is 2. The molecule has 2 aliphatic rings. The van der Waals surface area contributed by atoms with Crippen molar-refractivity contribution in [3.8, 4) is 0 Å². The SMILES string of the molecule is CC(C)OP1(=O)OC[C@H]2O[C@@H](n3ccc(=O)[nH]c3=O)C(C)(O)C2O1. The second-order valence-corrected chi connectivity index (χ2v) is 7.77. The Labute approximate surface area is 136 Å². The molecule has 1 aromatic rings. The van der Waals surface area contributed by atoms with Crippen LogP contribution in [0.3, 0.4) is 0 Å². The Bertz CT molecular complexity index is 785. The fraction of sp³-hybridized carbons (Fsp3) is 0.692. The van der Waals surface area contributed by atoms with E-state index in [2.05, 4.69) is 4.98 Å². The molecule has 5 atom stereocenters. The summed E-state index contributed by atoms with van der Waals surface area (Å²) in [6.45, 7) is 4.61. The Balaban J connectivity index is 1.91. The van der Waals surface area contributed by atoms with Crippen LogP contribution in [0, 0.1) is 0 Å². The van der Waals surface area contributed by atoms with Crippen LogP contribution in [-0.2, 0) is 22.9 Å². The first kappa shape index (κ1) is 17.5. The van der Waals surface area contributed by atoms with E-state index in [4.69, 9.17) is 18.3 Å². The molecule has 2 fully saturated rings. The van der Waals surface area contributed by atoms with Gasteiger partial charge in [0.2, 0.25) is 0 Å². The Morgan fingerprint density at radius 3 is 2.83 bits per heavy atom. The zero-order valence-electron chi connectivity index (χ0n) is 13.4. The number of rotatable bonds is 3. The molecular weight excluding hydrogens is 343 g/mol. The molecule has 3 unspecified atom stereocenters. The van der Waals surface area contributed by atoms with Crippen LogP contribution in [0.4, 0.5) is 0 Å². The van der Waals surface area contributed by atoms with Crippen molar-refractivity contribution in [2.75, 3.05) is 6.61 Å². The lowest BCUT2D eigenvalue weighted by Crippen LogP contribution is -2.49. The van der Waals surface area contributed by atoms with Crippen LogP contribution in [0.15, 0.2) is 21.9 Å². The number of H-pyrrole nitrogens is 1. The van der Waals surface area contributed by atoms with E-state index in [0.717, 1.165) is 10.6 Å². The Morgan fingerprint density at radius 1 is 1.50 bits per heavy atom. The van der Waals surface area contributed by atoms with Gasteiger partial charge in [0.1, 0.15) is 17.8 Å². The summed E-state index contributed by atoms with van der Waals surface area (Å²) >= 11 is 0. The third-order valence-corrected chi connectivity index (χ3v) is 5.43. The van der Waals surface area contributed by atoms with Gasteiger partial charge in [0, 0.05) is 12.3 Å². The van der Waals surface area contributed by atoms with Crippen molar-refractivity contribution in [2.45, 2.75) is 50.9 Å². The van der Waals surface area contributed by atoms with Gasteiger partial charge in [0.05, 0.1) is 12.7 Å². The summed E-state index contributed by atoms with van der Waals surface area (Å²) in [6, 6.07) is 1.13. The summed E-state index contributed by atoms with van der Waals surface area (Å²) in [6.07, 6.45) is -2.12. The Morgan fingerprint density at radius 2 is 2.21 bits per heavy atom. The molecule has 10 nitrogen and oxygen atoms in total. The predicted octanol–water partition coefficient (Wildman–Crippen LogP) is 0.133. The van der Waals surface area contributed by atoms with Crippen molar-refractivity contribution in [2.24, 2.45) is 0 Å². The van der Waals surface area contributed by atoms with Gasteiger partial charge in [-0.1, -0.05) is 0 Å². The summed E-state index contributed by atoms with van der Waals surface area (Å²) in [4.78, 5) is 25.2. The van der Waals surface area contributed by atoms with Crippen LogP contribution in [0.25, 0.3) is 0 Å². The molecule has 1 aromatic heterocycles. The van der Waals surface area contributed by atoms with Gasteiger partial charge in [0.25, 0.3) is 5.56 Å². The smallest absolute Gasteiger partial charge is 0.383 e. The lowest BCUT2D eigenvalue weighted by Gasteiger charge is -2.35. The number of fused-ring (bicyclic) bond motifs is 1. The van der Waals surface area contributed by atoms with E-state index in [0.29, 0.717) is 0 Å². The third kappa shape index (κ3) is 3.01. The number of nitrogens with one attached hydrogen (secondary N) is 1. The highest BCUT2D eigenvalue weighted by atomic mass is 31.2. The first-order valence-electron chi connectivity index (χ1n) is 7.43. The van der Waals surface area contributed by atoms with Crippen molar-refractivity contribution in [1.82, 2.24) is 9.55 Å². The number of nitrogens with zero attached hydrogens (tertiary/aromatic N) is 1. The van der Waals surface area contributed by atoms with Crippen LogP contribution < -0.4 is 11.2 Å². The highest BCUT2D eigenvalue weighted by Crippen LogP contribution is 2.59. The monoisotopic (exact) mass is 362 g/mol. The van der Waals surface area contributed by atoms with Crippen molar-refractivity contribution in [1.29, 1.82) is 0 Å². The highest BCUT2D eigenvalue weighted by molar-refractivity contribution is 7.48. The van der Waals surface area contributed by atoms with Gasteiger partial charge < -0.3 is 9.84 Å². The molecule has 0 aliphatic carbocycles. The van der Waals surface area contributed by atoms with Crippen LogP contribution in [0.5, 0.6) is 0 Å². The number of aromatic amines is 1. The largest absolute Gasteiger partial charge is 0.475 e. The van der Waals surface area contributed by atoms with Gasteiger partial charge in [-0.05, 0) is 20.8 Å². The van der Waals surface area contributed by atoms with Gasteiger partial charge >= 0.3 is 13.5 Å². The first-order chi connectivity index (χ1) is 11.1. The average Bonchev–Trinajstić information content (AvgIpc) is 2.69. The van der Waals surface area contributed by atoms with Crippen LogP contribution in [0.1, 0.15) is 27.0 Å². The van der Waals surface area contributed by atoms with E-state index in [1.54, 1.807) is 13.8 Å². The lowest BCUT2D eigenvalue weighted by atomic mass is 9.96. The van der Waals surface area contributed by atoms with Gasteiger partial charge in [0.15, 0.2) is 6.23 Å². The molecule has 0 aromatic carbocycles. The van der Waals surface area contributed by atoms with E-state index >= 15 is 0 Å². The quantitative estimate of drug-likeness (QED) is 0.726. The molecule has 2 N–H and O–H groups in total. The van der Waals surface area contributed by atoms with E-state index < -0.39 is 49.2 Å². The summed E-state index contributed by atoms with van der Waals surface area (Å²) in [7, 11) is -3.84. The zero-order valence-corrected chi connectivity index (χ0v) is 14.3. The fourth-order valence-corrected chi connectivity index (χ4v) is 4.44. The second-order valence-electron chi connectivity index (χ2n) is 6.19. The van der Waals surface area contributed by atoms with Crippen LogP contribution >= 0.6 is 7.82 Å². The summed E-state index contributed by atoms with van der Waals surface area (Å²) in [5.74, 6) is 0. The number of aliphatic hydroxyl groups is 1. The summed E-state index contributed by atoms with van der Waals surface area (Å²) in [5, 5.41) is 10.8. The Hall–Kier alpha value is -1.29. The normalized spacial score (nSPS) is 39.1. The van der Waals surface area contributed by atoms with Gasteiger partial charge in [-0.3, -0.25) is 27.9 Å². The van der Waals surface area contributed by atoms with Crippen molar-refractivity contribution in [3.63, 3.8) is 0 Å². The van der Waals surface area contributed by atoms with Gasteiger partial charge in [-0.2, -0.15) is 0 Å². The molecule has 134 valence electrons. The van der Waals surface area contributed by atoms with E-state index in [-0.39, 0.29) is 6.61 Å². The van der Waals surface area contributed by atoms with Crippen LogP contribution in [0.2, 0.25) is 0 Å². The molecule has 0 spiro atoms. The fourth-order valence-electron chi connectivity index (χ4n) is 2.80. The minimum absolute atomic E-state index is 0.126. The number of phosphoric ester groups is 1. The molecule has 24 heavy (non-hydrogen) atoms. The standard InChI is InChI=1S/C13H19N2O8P/c1-7(2)22-24(19)20-6-8-10(23-24)13(3,18)11(21-8)15-5-4-9(16)14-12(15)17/h4-5,7-8,10-11,18H,6H2,1-3H3,(H,14,16,17)/t8-,10?,11-,13?,24?/m1/s1. The van der Waals surface area contributed by atoms with Crippen molar-refractivity contribution in [3.05, 3.63) is 33.1 Å². The van der Waals surface area contributed by atoms with Crippen molar-refractivity contribution >= 4 is 7.82 Å². The van der Waals surface area contributed by atoms with E-state index in [9.17, 15) is 19.3 Å². The summed E-state index contributed by atoms with van der Waals surface area (Å²) < 4.78 is 34.9. The maximum absolute atomic E-state index is 12.5. The first-order valence-corrected chi connectivity index (χ1v) is 8.89. The second kappa shape index (κ2) is 5.91. The molecule has 11 heteroatoms. The summed E-state index contributed by atoms with van der Waals surface area (Å²) in [5.41, 5.74) is -3.01. The number of aromatic nitrogens is 2. The molecular formula is C13H19N2O8P. The average molecular weight is 362 g/mol. The number of hydrogen-bond acceptors (Lipinski definition) is 8. The van der Waals surface area contributed by atoms with Gasteiger partial charge in [-0.25, -0.2) is 9.36 Å². The molecule has 0 bridgehead atoms. The number of ether oxygens (including phenoxy) is 1. The maximum atomic E-state index is 12.5. The van der Waals surface area contributed by atoms with E-state index in [1.807, 2.05) is 0 Å². The highest BCUT2D eigenvalue weighted by Gasteiger charge is 2.60. The molecule has 2 aliphatic heterocycles. The van der Waals surface area contributed by atoms with Crippen molar-refractivity contribution < 1.29 is 28.0 Å². The molecule has 3 rings (SSSR count). The predicted molar refractivity (Wildman–Crippen MR) is 80.5 cm³/mol. The topological polar surface area (TPSA) is 129 Å². The molecule has 2 saturated heterocycles. The molecule has 0 amide bonds. The molecule has 0 radical (unpaired) electrons.